The largest absolute Gasteiger partial charge is 0.481 e. The lowest BCUT2D eigenvalue weighted by Gasteiger charge is -2.18. The molecular weight excluding hydrogens is 222 g/mol. The average molecular weight is 243 g/mol. The smallest absolute Gasteiger partial charge is 0.306 e. The summed E-state index contributed by atoms with van der Waals surface area (Å²) in [5, 5.41) is 20.9. The van der Waals surface area contributed by atoms with Crippen LogP contribution >= 0.6 is 0 Å². The van der Waals surface area contributed by atoms with E-state index in [1.54, 1.807) is 6.92 Å². The highest BCUT2D eigenvalue weighted by Gasteiger charge is 2.34. The number of hydrogen-bond donors (Lipinski definition) is 3. The van der Waals surface area contributed by atoms with Crippen LogP contribution in [0.3, 0.4) is 0 Å². The zero-order valence-corrected chi connectivity index (χ0v) is 10.3. The van der Waals surface area contributed by atoms with Crippen LogP contribution in [-0.4, -0.2) is 34.2 Å². The maximum Gasteiger partial charge on any atom is 0.306 e. The van der Waals surface area contributed by atoms with Gasteiger partial charge >= 0.3 is 5.97 Å². The first kappa shape index (κ1) is 14.0. The van der Waals surface area contributed by atoms with Gasteiger partial charge in [-0.2, -0.15) is 0 Å². The highest BCUT2D eigenvalue weighted by Crippen LogP contribution is 2.31. The maximum absolute atomic E-state index is 11.8. The number of hydrogen-bond acceptors (Lipinski definition) is 3. The van der Waals surface area contributed by atoms with E-state index in [1.807, 2.05) is 6.92 Å². The molecule has 1 saturated carbocycles. The molecule has 4 unspecified atom stereocenters. The van der Waals surface area contributed by atoms with Crippen LogP contribution in [0.1, 0.15) is 39.5 Å². The standard InChI is InChI=1S/C12H21NO4/c1-7(5-8(2)14)13-11(15)9-3-4-10(6-9)12(16)17/h7-10,14H,3-6H2,1-2H3,(H,13,15)(H,16,17). The fourth-order valence-electron chi connectivity index (χ4n) is 2.38. The third-order valence-corrected chi connectivity index (χ3v) is 3.24. The molecule has 5 nitrogen and oxygen atoms in total. The number of nitrogens with one attached hydrogen (secondary N) is 1. The Bertz CT molecular complexity index is 290. The Morgan fingerprint density at radius 3 is 2.35 bits per heavy atom. The van der Waals surface area contributed by atoms with E-state index < -0.39 is 12.1 Å². The number of amides is 1. The molecule has 5 heteroatoms. The lowest BCUT2D eigenvalue weighted by atomic mass is 10.0. The van der Waals surface area contributed by atoms with E-state index in [-0.39, 0.29) is 23.8 Å². The number of aliphatic carboxylic acids is 1. The van der Waals surface area contributed by atoms with Crippen LogP contribution in [0, 0.1) is 11.8 Å². The molecule has 0 saturated heterocycles. The molecule has 0 aromatic heterocycles. The molecule has 1 fully saturated rings. The number of rotatable bonds is 5. The minimum Gasteiger partial charge on any atom is -0.481 e. The van der Waals surface area contributed by atoms with E-state index in [1.165, 1.54) is 0 Å². The van der Waals surface area contributed by atoms with Crippen LogP contribution in [0.25, 0.3) is 0 Å². The van der Waals surface area contributed by atoms with E-state index in [0.717, 1.165) is 0 Å². The SMILES string of the molecule is CC(O)CC(C)NC(=O)C1CCC(C(=O)O)C1. The lowest BCUT2D eigenvalue weighted by Crippen LogP contribution is -2.38. The van der Waals surface area contributed by atoms with Crippen LogP contribution in [0.2, 0.25) is 0 Å². The molecule has 0 aliphatic heterocycles. The number of aliphatic hydroxyl groups excluding tert-OH is 1. The van der Waals surface area contributed by atoms with Crippen molar-refractivity contribution in [3.8, 4) is 0 Å². The Hall–Kier alpha value is -1.10. The molecule has 4 atom stereocenters. The summed E-state index contributed by atoms with van der Waals surface area (Å²) in [5.41, 5.74) is 0. The number of carbonyl (C=O) groups excluding carboxylic acids is 1. The van der Waals surface area contributed by atoms with E-state index in [4.69, 9.17) is 5.11 Å². The first-order chi connectivity index (χ1) is 7.90. The van der Waals surface area contributed by atoms with Gasteiger partial charge in [-0.15, -0.1) is 0 Å². The summed E-state index contributed by atoms with van der Waals surface area (Å²) in [5.74, 6) is -1.45. The van der Waals surface area contributed by atoms with Crippen molar-refractivity contribution in [3.63, 3.8) is 0 Å². The summed E-state index contributed by atoms with van der Waals surface area (Å²) < 4.78 is 0. The molecule has 0 radical (unpaired) electrons. The van der Waals surface area contributed by atoms with Crippen molar-refractivity contribution in [2.75, 3.05) is 0 Å². The van der Waals surface area contributed by atoms with Crippen LogP contribution in [-0.2, 0) is 9.59 Å². The van der Waals surface area contributed by atoms with Gasteiger partial charge in [0.1, 0.15) is 0 Å². The van der Waals surface area contributed by atoms with Gasteiger partial charge in [-0.25, -0.2) is 0 Å². The Balaban J connectivity index is 2.37. The van der Waals surface area contributed by atoms with Gasteiger partial charge in [0.05, 0.1) is 12.0 Å². The second kappa shape index (κ2) is 6.00. The van der Waals surface area contributed by atoms with Crippen LogP contribution in [0.4, 0.5) is 0 Å². The highest BCUT2D eigenvalue weighted by molar-refractivity contribution is 5.81. The van der Waals surface area contributed by atoms with Crippen molar-refractivity contribution in [3.05, 3.63) is 0 Å². The molecule has 98 valence electrons. The summed E-state index contributed by atoms with van der Waals surface area (Å²) in [6.07, 6.45) is 1.73. The van der Waals surface area contributed by atoms with E-state index in [2.05, 4.69) is 5.32 Å². The summed E-state index contributed by atoms with van der Waals surface area (Å²) in [6.45, 7) is 3.52. The summed E-state index contributed by atoms with van der Waals surface area (Å²) in [4.78, 5) is 22.6. The van der Waals surface area contributed by atoms with E-state index in [9.17, 15) is 14.7 Å². The van der Waals surface area contributed by atoms with Gasteiger partial charge in [0.15, 0.2) is 0 Å². The lowest BCUT2D eigenvalue weighted by molar-refractivity contribution is -0.141. The van der Waals surface area contributed by atoms with E-state index in [0.29, 0.717) is 25.7 Å². The molecule has 1 aliphatic rings. The Morgan fingerprint density at radius 2 is 1.88 bits per heavy atom. The Labute approximate surface area is 101 Å². The number of carboxylic acids is 1. The number of carboxylic acid groups (broad SMARTS) is 1. The third-order valence-electron chi connectivity index (χ3n) is 3.24. The third kappa shape index (κ3) is 4.34. The zero-order valence-electron chi connectivity index (χ0n) is 10.3. The van der Waals surface area contributed by atoms with Crippen molar-refractivity contribution in [1.82, 2.24) is 5.32 Å². The predicted molar refractivity (Wildman–Crippen MR) is 62.4 cm³/mol. The van der Waals surface area contributed by atoms with Crippen LogP contribution in [0.15, 0.2) is 0 Å². The van der Waals surface area contributed by atoms with Crippen molar-refractivity contribution in [1.29, 1.82) is 0 Å². The summed E-state index contributed by atoms with van der Waals surface area (Å²) in [7, 11) is 0. The van der Waals surface area contributed by atoms with E-state index >= 15 is 0 Å². The van der Waals surface area contributed by atoms with Gasteiger partial charge in [-0.3, -0.25) is 9.59 Å². The van der Waals surface area contributed by atoms with Crippen molar-refractivity contribution >= 4 is 11.9 Å². The second-order valence-electron chi connectivity index (χ2n) is 5.04. The molecule has 17 heavy (non-hydrogen) atoms. The first-order valence-electron chi connectivity index (χ1n) is 6.11. The van der Waals surface area contributed by atoms with Crippen LogP contribution in [0.5, 0.6) is 0 Å². The monoisotopic (exact) mass is 243 g/mol. The summed E-state index contributed by atoms with van der Waals surface area (Å²) in [6, 6.07) is -0.0774. The minimum absolute atomic E-state index is 0.0774. The summed E-state index contributed by atoms with van der Waals surface area (Å²) >= 11 is 0. The molecule has 0 aromatic carbocycles. The van der Waals surface area contributed by atoms with Gasteiger partial charge in [0, 0.05) is 12.0 Å². The molecule has 0 heterocycles. The van der Waals surface area contributed by atoms with Gasteiger partial charge in [0.2, 0.25) is 5.91 Å². The topological polar surface area (TPSA) is 86.6 Å². The highest BCUT2D eigenvalue weighted by atomic mass is 16.4. The fraction of sp³-hybridized carbons (Fsp3) is 0.833. The molecule has 0 spiro atoms. The normalized spacial score (nSPS) is 27.5. The van der Waals surface area contributed by atoms with Gasteiger partial charge in [-0.05, 0) is 39.5 Å². The predicted octanol–water partition coefficient (Wildman–Crippen LogP) is 0.763. The first-order valence-corrected chi connectivity index (χ1v) is 6.11. The van der Waals surface area contributed by atoms with Crippen molar-refractivity contribution in [2.45, 2.75) is 51.7 Å². The second-order valence-corrected chi connectivity index (χ2v) is 5.04. The molecule has 3 N–H and O–H groups in total. The Morgan fingerprint density at radius 1 is 1.29 bits per heavy atom. The number of aliphatic hydroxyl groups is 1. The van der Waals surface area contributed by atoms with Crippen molar-refractivity contribution in [2.24, 2.45) is 11.8 Å². The minimum atomic E-state index is -0.808. The van der Waals surface area contributed by atoms with Crippen LogP contribution < -0.4 is 5.32 Å². The van der Waals surface area contributed by atoms with Crippen molar-refractivity contribution < 1.29 is 19.8 Å². The molecule has 0 bridgehead atoms. The fourth-order valence-corrected chi connectivity index (χ4v) is 2.38. The molecule has 1 amide bonds. The zero-order chi connectivity index (χ0) is 13.0. The molecule has 1 rings (SSSR count). The molecule has 0 aromatic rings. The molecular formula is C12H21NO4. The van der Waals surface area contributed by atoms with Gasteiger partial charge in [0.25, 0.3) is 0 Å². The maximum atomic E-state index is 11.8. The molecule has 1 aliphatic carbocycles. The Kier molecular flexibility index (Phi) is 4.93. The number of carbonyl (C=O) groups is 2. The van der Waals surface area contributed by atoms with Gasteiger partial charge in [-0.1, -0.05) is 0 Å². The quantitative estimate of drug-likeness (QED) is 0.665. The average Bonchev–Trinajstić information content (AvgIpc) is 2.64. The van der Waals surface area contributed by atoms with Gasteiger partial charge < -0.3 is 15.5 Å².